The Bertz CT molecular complexity index is 809. The van der Waals surface area contributed by atoms with Crippen LogP contribution in [-0.2, 0) is 9.47 Å². The maximum atomic E-state index is 12.2. The zero-order chi connectivity index (χ0) is 19.6. The minimum atomic E-state index is -4.47. The molecule has 27 heavy (non-hydrogen) atoms. The Kier molecular flexibility index (Phi) is 5.42. The molecule has 1 fully saturated rings. The predicted molar refractivity (Wildman–Crippen MR) is 85.7 cm³/mol. The molecule has 0 saturated carbocycles. The lowest BCUT2D eigenvalue weighted by molar-refractivity contribution is -0.156. The number of benzene rings is 1. The number of carbonyl (C=O) groups excluding carboxylic acids is 1. The molecule has 2 heterocycles. The summed E-state index contributed by atoms with van der Waals surface area (Å²) < 4.78 is 57.1. The molecular formula is C16H17F3N2O6. The van der Waals surface area contributed by atoms with E-state index in [1.165, 1.54) is 24.1 Å². The molecular weight excluding hydrogens is 373 g/mol. The molecule has 1 amide bonds. The molecule has 1 aromatic heterocycles. The number of cyclic esters (lactones) is 1. The minimum Gasteiger partial charge on any atom is -0.491 e. The van der Waals surface area contributed by atoms with Crippen molar-refractivity contribution in [3.8, 4) is 5.75 Å². The van der Waals surface area contributed by atoms with Gasteiger partial charge in [0, 0.05) is 13.2 Å². The van der Waals surface area contributed by atoms with Crippen LogP contribution in [0, 0.1) is 0 Å². The first-order chi connectivity index (χ1) is 12.8. The molecule has 8 nitrogen and oxygen atoms in total. The topological polar surface area (TPSA) is 94.3 Å². The summed E-state index contributed by atoms with van der Waals surface area (Å²) in [6.45, 7) is -0.0321. The summed E-state index contributed by atoms with van der Waals surface area (Å²) >= 11 is 0. The Balaban J connectivity index is 1.69. The number of methoxy groups -OCH3 is 1. The number of halogens is 3. The van der Waals surface area contributed by atoms with E-state index in [1.807, 2.05) is 0 Å². The first kappa shape index (κ1) is 19.2. The third-order valence-electron chi connectivity index (χ3n) is 3.82. The van der Waals surface area contributed by atoms with Crippen LogP contribution in [0.2, 0.25) is 0 Å². The first-order valence-corrected chi connectivity index (χ1v) is 8.01. The zero-order valence-corrected chi connectivity index (χ0v) is 14.2. The van der Waals surface area contributed by atoms with Crippen LogP contribution in [0.15, 0.2) is 22.7 Å². The standard InChI is InChI=1S/C16H17F3N2O6/c1-24-8-11-6-21(15(23)26-11)14-12-3-2-10(4-13(12)27-20-14)25-7-9(22)5-16(17,18)19/h2-4,9,11,22H,5-8H2,1H3. The smallest absolute Gasteiger partial charge is 0.416 e. The van der Waals surface area contributed by atoms with Gasteiger partial charge in [-0.1, -0.05) is 5.16 Å². The number of alkyl halides is 3. The highest BCUT2D eigenvalue weighted by Crippen LogP contribution is 2.32. The van der Waals surface area contributed by atoms with Gasteiger partial charge in [-0.15, -0.1) is 0 Å². The van der Waals surface area contributed by atoms with Crippen molar-refractivity contribution in [2.75, 3.05) is 31.8 Å². The third kappa shape index (κ3) is 4.61. The van der Waals surface area contributed by atoms with Gasteiger partial charge in [-0.05, 0) is 12.1 Å². The maximum Gasteiger partial charge on any atom is 0.416 e. The van der Waals surface area contributed by atoms with E-state index in [0.717, 1.165) is 0 Å². The number of nitrogens with zero attached hydrogens (tertiary/aromatic N) is 2. The molecule has 1 aliphatic rings. The number of aromatic nitrogens is 1. The van der Waals surface area contributed by atoms with E-state index in [9.17, 15) is 23.1 Å². The van der Waals surface area contributed by atoms with Gasteiger partial charge in [-0.2, -0.15) is 13.2 Å². The van der Waals surface area contributed by atoms with Gasteiger partial charge in [-0.25, -0.2) is 4.79 Å². The fourth-order valence-corrected chi connectivity index (χ4v) is 2.67. The summed E-state index contributed by atoms with van der Waals surface area (Å²) in [5.41, 5.74) is 0.274. The van der Waals surface area contributed by atoms with E-state index in [-0.39, 0.29) is 30.3 Å². The summed E-state index contributed by atoms with van der Waals surface area (Å²) in [5.74, 6) is 0.463. The number of carbonyl (C=O) groups is 1. The molecule has 11 heteroatoms. The minimum absolute atomic E-state index is 0.202. The van der Waals surface area contributed by atoms with Crippen molar-refractivity contribution in [1.82, 2.24) is 5.16 Å². The Morgan fingerprint density at radius 2 is 2.22 bits per heavy atom. The SMILES string of the molecule is COCC1CN(c2noc3cc(OCC(O)CC(F)(F)F)ccc23)C(=O)O1. The molecule has 0 bridgehead atoms. The van der Waals surface area contributed by atoms with Gasteiger partial charge in [0.25, 0.3) is 0 Å². The van der Waals surface area contributed by atoms with Crippen LogP contribution in [0.1, 0.15) is 6.42 Å². The van der Waals surface area contributed by atoms with Crippen LogP contribution in [0.3, 0.4) is 0 Å². The van der Waals surface area contributed by atoms with Gasteiger partial charge < -0.3 is 23.8 Å². The highest BCUT2D eigenvalue weighted by atomic mass is 19.4. The van der Waals surface area contributed by atoms with Crippen molar-refractivity contribution in [3.05, 3.63) is 18.2 Å². The van der Waals surface area contributed by atoms with Gasteiger partial charge in [0.15, 0.2) is 11.4 Å². The lowest BCUT2D eigenvalue weighted by Gasteiger charge is -2.14. The van der Waals surface area contributed by atoms with Crippen molar-refractivity contribution < 1.29 is 41.8 Å². The van der Waals surface area contributed by atoms with E-state index < -0.39 is 37.5 Å². The Morgan fingerprint density at radius 3 is 2.93 bits per heavy atom. The summed E-state index contributed by atoms with van der Waals surface area (Å²) in [4.78, 5) is 13.3. The molecule has 0 aliphatic carbocycles. The van der Waals surface area contributed by atoms with Crippen LogP contribution in [0.4, 0.5) is 23.8 Å². The first-order valence-electron chi connectivity index (χ1n) is 8.01. The van der Waals surface area contributed by atoms with Gasteiger partial charge in [0.2, 0.25) is 0 Å². The summed E-state index contributed by atoms with van der Waals surface area (Å²) in [6, 6.07) is 4.46. The van der Waals surface area contributed by atoms with Crippen molar-refractivity contribution in [3.63, 3.8) is 0 Å². The Morgan fingerprint density at radius 1 is 1.44 bits per heavy atom. The molecule has 2 unspecified atom stereocenters. The molecule has 1 aromatic carbocycles. The third-order valence-corrected chi connectivity index (χ3v) is 3.82. The number of aliphatic hydroxyl groups is 1. The van der Waals surface area contributed by atoms with E-state index in [4.69, 9.17) is 18.7 Å². The number of ether oxygens (including phenoxy) is 3. The van der Waals surface area contributed by atoms with E-state index in [2.05, 4.69) is 5.16 Å². The number of hydrogen-bond acceptors (Lipinski definition) is 7. The Labute approximate surface area is 151 Å². The second-order valence-electron chi connectivity index (χ2n) is 6.02. The molecule has 1 saturated heterocycles. The molecule has 1 N–H and O–H groups in total. The monoisotopic (exact) mass is 390 g/mol. The average molecular weight is 390 g/mol. The fraction of sp³-hybridized carbons (Fsp3) is 0.500. The second kappa shape index (κ2) is 7.61. The summed E-state index contributed by atoms with van der Waals surface area (Å²) in [5, 5.41) is 13.7. The normalized spacial score (nSPS) is 18.8. The quantitative estimate of drug-likeness (QED) is 0.776. The van der Waals surface area contributed by atoms with E-state index >= 15 is 0 Å². The molecule has 0 spiro atoms. The lowest BCUT2D eigenvalue weighted by atomic mass is 10.2. The van der Waals surface area contributed by atoms with Crippen molar-refractivity contribution in [2.24, 2.45) is 0 Å². The summed E-state index contributed by atoms with van der Waals surface area (Å²) in [6.07, 6.45) is -8.52. The Hall–Kier alpha value is -2.53. The molecule has 1 aliphatic heterocycles. The molecule has 2 aromatic rings. The highest BCUT2D eigenvalue weighted by Gasteiger charge is 2.35. The molecule has 148 valence electrons. The van der Waals surface area contributed by atoms with Crippen molar-refractivity contribution >= 4 is 22.9 Å². The van der Waals surface area contributed by atoms with Crippen LogP contribution in [-0.4, -0.2) is 61.6 Å². The fourth-order valence-electron chi connectivity index (χ4n) is 2.67. The van der Waals surface area contributed by atoms with Crippen molar-refractivity contribution in [1.29, 1.82) is 0 Å². The van der Waals surface area contributed by atoms with Crippen LogP contribution >= 0.6 is 0 Å². The average Bonchev–Trinajstić information content (AvgIpc) is 3.14. The zero-order valence-electron chi connectivity index (χ0n) is 14.2. The van der Waals surface area contributed by atoms with Gasteiger partial charge in [-0.3, -0.25) is 4.90 Å². The van der Waals surface area contributed by atoms with E-state index in [1.54, 1.807) is 6.07 Å². The van der Waals surface area contributed by atoms with E-state index in [0.29, 0.717) is 5.39 Å². The largest absolute Gasteiger partial charge is 0.491 e. The van der Waals surface area contributed by atoms with Crippen LogP contribution in [0.25, 0.3) is 11.0 Å². The number of amides is 1. The lowest BCUT2D eigenvalue weighted by Crippen LogP contribution is -2.26. The highest BCUT2D eigenvalue weighted by molar-refractivity contribution is 5.99. The summed E-state index contributed by atoms with van der Waals surface area (Å²) in [7, 11) is 1.50. The van der Waals surface area contributed by atoms with Crippen molar-refractivity contribution in [2.45, 2.75) is 24.8 Å². The maximum absolute atomic E-state index is 12.2. The van der Waals surface area contributed by atoms with Crippen LogP contribution < -0.4 is 9.64 Å². The van der Waals surface area contributed by atoms with Crippen LogP contribution in [0.5, 0.6) is 5.75 Å². The number of anilines is 1. The van der Waals surface area contributed by atoms with Gasteiger partial charge in [0.1, 0.15) is 18.5 Å². The van der Waals surface area contributed by atoms with Gasteiger partial charge in [0.05, 0.1) is 31.1 Å². The van der Waals surface area contributed by atoms with Gasteiger partial charge >= 0.3 is 12.3 Å². The number of aliphatic hydroxyl groups excluding tert-OH is 1. The number of hydrogen-bond donors (Lipinski definition) is 1. The molecule has 0 radical (unpaired) electrons. The predicted octanol–water partition coefficient (Wildman–Crippen LogP) is 2.49. The molecule has 3 rings (SSSR count). The number of rotatable bonds is 7. The second-order valence-corrected chi connectivity index (χ2v) is 6.02. The molecule has 2 atom stereocenters. The number of fused-ring (bicyclic) bond motifs is 1.